The van der Waals surface area contributed by atoms with E-state index in [1.54, 1.807) is 0 Å². The Kier molecular flexibility index (Phi) is 14.9. The fourth-order valence-electron chi connectivity index (χ4n) is 15.9. The molecule has 0 saturated heterocycles. The van der Waals surface area contributed by atoms with Gasteiger partial charge in [-0.1, -0.05) is 212 Å². The van der Waals surface area contributed by atoms with Gasteiger partial charge in [0, 0.05) is 44.0 Å². The molecule has 0 bridgehead atoms. The van der Waals surface area contributed by atoms with Crippen LogP contribution in [0.5, 0.6) is 5.75 Å². The Balaban J connectivity index is 1.02. The first kappa shape index (κ1) is 57.3. The molecule has 0 unspecified atom stereocenters. The molecule has 13 aromatic rings. The van der Waals surface area contributed by atoms with Gasteiger partial charge in [0.1, 0.15) is 11.3 Å². The number of nitrogens with zero attached hydrogens (tertiary/aromatic N) is 2. The molecule has 448 valence electrons. The number of phenols is 1. The first-order chi connectivity index (χ1) is 43.9. The lowest BCUT2D eigenvalue weighted by Gasteiger charge is -2.34. The van der Waals surface area contributed by atoms with Gasteiger partial charge in [0.2, 0.25) is 0 Å². The Morgan fingerprint density at radius 1 is 0.356 bits per heavy atom. The number of furan rings is 1. The Bertz CT molecular complexity index is 4890. The quantitative estimate of drug-likeness (QED) is 0.117. The van der Waals surface area contributed by atoms with Crippen LogP contribution in [-0.4, -0.2) is 5.11 Å². The van der Waals surface area contributed by atoms with E-state index in [0.29, 0.717) is 23.7 Å². The molecule has 0 aliphatic heterocycles. The SMILES string of the molecule is Cc1ccc(N(c2cccc(-c3cccc(-c4ccccc4C(C)C)c3)c2O)c2cc(C3CCCCC3)c3ccc4c(N(c5ccc(C)c(C)c5)c5cccc6c5oc5c(-c7ccccc7C(C)C)cccc56)cc(C5CCCCC5)c5ccc2c3c54)cc1C. The number of phenolic OH excluding ortho intramolecular Hbond substituents is 1. The third-order valence-electron chi connectivity index (χ3n) is 20.9. The van der Waals surface area contributed by atoms with E-state index in [0.717, 1.165) is 98.3 Å². The molecule has 2 fully saturated rings. The second kappa shape index (κ2) is 23.4. The van der Waals surface area contributed by atoms with Crippen LogP contribution >= 0.6 is 0 Å². The van der Waals surface area contributed by atoms with Gasteiger partial charge in [-0.2, -0.15) is 0 Å². The summed E-state index contributed by atoms with van der Waals surface area (Å²) in [6.45, 7) is 18.0. The molecule has 1 N–H and O–H groups in total. The smallest absolute Gasteiger partial charge is 0.159 e. The van der Waals surface area contributed by atoms with Gasteiger partial charge in [-0.3, -0.25) is 0 Å². The largest absolute Gasteiger partial charge is 0.505 e. The van der Waals surface area contributed by atoms with Crippen molar-refractivity contribution < 1.29 is 9.52 Å². The highest BCUT2D eigenvalue weighted by molar-refractivity contribution is 6.30. The topological polar surface area (TPSA) is 39.9 Å². The second-order valence-electron chi connectivity index (χ2n) is 27.1. The predicted octanol–water partition coefficient (Wildman–Crippen LogP) is 25.7. The molecule has 2 saturated carbocycles. The van der Waals surface area contributed by atoms with Crippen molar-refractivity contribution >= 4 is 88.4 Å². The summed E-state index contributed by atoms with van der Waals surface area (Å²) in [7, 11) is 0. The standard InChI is InChI=1S/C86H82N2O2/c1-52(2)64-29-15-17-31-66(64)60-27-19-28-61(49-60)67-33-21-37-78(84(67)89)87(62-41-39-54(5)56(7)47-62)80-50-76(58-23-11-9-12-24-58)69-44-46-75-81(51-77(59-25-13-10-14-26-59)70-43-45-74(80)82(69)83(70)75)88(63-42-40-55(6)57(8)48-63)79-38-22-36-73-72-35-20-34-71(85(72)90-86(73)79)68-32-18-16-30-65(68)53(3)4/h15-22,27-53,58-59,89H,9-14,23-26H2,1-8H3. The van der Waals surface area contributed by atoms with Gasteiger partial charge < -0.3 is 19.3 Å². The van der Waals surface area contributed by atoms with Gasteiger partial charge in [0.25, 0.3) is 0 Å². The van der Waals surface area contributed by atoms with Crippen LogP contribution in [0.15, 0.2) is 205 Å². The number of aryl methyl sites for hydroxylation is 4. The molecule has 0 amide bonds. The number of hydrogen-bond donors (Lipinski definition) is 1. The Morgan fingerprint density at radius 3 is 1.37 bits per heavy atom. The number of fused-ring (bicyclic) bond motifs is 3. The Labute approximate surface area is 531 Å². The average molecular weight is 1180 g/mol. The van der Waals surface area contributed by atoms with Crippen LogP contribution in [0.3, 0.4) is 0 Å². The minimum Gasteiger partial charge on any atom is -0.505 e. The molecule has 1 heterocycles. The van der Waals surface area contributed by atoms with E-state index in [1.165, 1.54) is 132 Å². The minimum absolute atomic E-state index is 0.261. The van der Waals surface area contributed by atoms with Crippen molar-refractivity contribution in [3.63, 3.8) is 0 Å². The zero-order valence-electron chi connectivity index (χ0n) is 53.7. The number of rotatable bonds is 13. The molecule has 2 aliphatic rings. The van der Waals surface area contributed by atoms with Gasteiger partial charge in [0.05, 0.1) is 22.7 Å². The highest BCUT2D eigenvalue weighted by Gasteiger charge is 2.32. The van der Waals surface area contributed by atoms with Crippen LogP contribution < -0.4 is 9.80 Å². The third kappa shape index (κ3) is 9.81. The summed E-state index contributed by atoms with van der Waals surface area (Å²) in [6, 6.07) is 75.1. The molecule has 2 aliphatic carbocycles. The average Bonchev–Trinajstić information content (AvgIpc) is 0.763. The van der Waals surface area contributed by atoms with Crippen molar-refractivity contribution in [1.82, 2.24) is 0 Å². The zero-order valence-corrected chi connectivity index (χ0v) is 53.7. The Morgan fingerprint density at radius 2 is 0.800 bits per heavy atom. The summed E-state index contributed by atoms with van der Waals surface area (Å²) < 4.78 is 7.50. The van der Waals surface area contributed by atoms with E-state index in [4.69, 9.17) is 4.42 Å². The number of aromatic hydroxyl groups is 1. The van der Waals surface area contributed by atoms with E-state index in [9.17, 15) is 5.11 Å². The van der Waals surface area contributed by atoms with E-state index in [2.05, 4.69) is 265 Å². The second-order valence-corrected chi connectivity index (χ2v) is 27.1. The van der Waals surface area contributed by atoms with Gasteiger partial charge >= 0.3 is 0 Å². The summed E-state index contributed by atoms with van der Waals surface area (Å²) in [5.74, 6) is 1.75. The molecule has 15 rings (SSSR count). The van der Waals surface area contributed by atoms with Crippen molar-refractivity contribution in [3.05, 3.63) is 245 Å². The van der Waals surface area contributed by atoms with Crippen LogP contribution in [-0.2, 0) is 0 Å². The molecule has 0 radical (unpaired) electrons. The minimum atomic E-state index is 0.261. The monoisotopic (exact) mass is 1170 g/mol. The normalized spacial score (nSPS) is 14.4. The van der Waals surface area contributed by atoms with Crippen molar-refractivity contribution in [2.45, 2.75) is 143 Å². The highest BCUT2D eigenvalue weighted by atomic mass is 16.3. The van der Waals surface area contributed by atoms with E-state index < -0.39 is 0 Å². The molecular formula is C86H82N2O2. The maximum absolute atomic E-state index is 13.3. The summed E-state index contributed by atoms with van der Waals surface area (Å²) in [5.41, 5.74) is 24.9. The zero-order chi connectivity index (χ0) is 61.5. The lowest BCUT2D eigenvalue weighted by Crippen LogP contribution is -2.15. The van der Waals surface area contributed by atoms with Crippen molar-refractivity contribution in [2.24, 2.45) is 0 Å². The number of benzene rings is 12. The van der Waals surface area contributed by atoms with Gasteiger partial charge in [-0.25, -0.2) is 0 Å². The maximum atomic E-state index is 13.3. The Hall–Kier alpha value is -9.12. The lowest BCUT2D eigenvalue weighted by molar-refractivity contribution is 0.445. The van der Waals surface area contributed by atoms with Crippen molar-refractivity contribution in [1.29, 1.82) is 0 Å². The maximum Gasteiger partial charge on any atom is 0.159 e. The van der Waals surface area contributed by atoms with Crippen LogP contribution in [0.2, 0.25) is 0 Å². The van der Waals surface area contributed by atoms with Gasteiger partial charge in [0.15, 0.2) is 5.58 Å². The van der Waals surface area contributed by atoms with Crippen LogP contribution in [0.25, 0.3) is 87.6 Å². The number of para-hydroxylation sites is 3. The molecule has 4 heteroatoms. The van der Waals surface area contributed by atoms with Crippen molar-refractivity contribution in [2.75, 3.05) is 9.80 Å². The van der Waals surface area contributed by atoms with Crippen molar-refractivity contribution in [3.8, 4) is 39.1 Å². The van der Waals surface area contributed by atoms with Gasteiger partial charge in [-0.15, -0.1) is 0 Å². The molecule has 0 spiro atoms. The van der Waals surface area contributed by atoms with Gasteiger partial charge in [-0.05, 0) is 220 Å². The highest BCUT2D eigenvalue weighted by Crippen LogP contribution is 2.56. The third-order valence-corrected chi connectivity index (χ3v) is 20.9. The summed E-state index contributed by atoms with van der Waals surface area (Å²) >= 11 is 0. The van der Waals surface area contributed by atoms with E-state index in [1.807, 2.05) is 0 Å². The summed E-state index contributed by atoms with van der Waals surface area (Å²) in [4.78, 5) is 4.96. The molecule has 1 aromatic heterocycles. The molecule has 12 aromatic carbocycles. The van der Waals surface area contributed by atoms with Crippen LogP contribution in [0.1, 0.15) is 160 Å². The first-order valence-corrected chi connectivity index (χ1v) is 33.5. The fraction of sp³-hybridized carbons (Fsp3) is 0.256. The first-order valence-electron chi connectivity index (χ1n) is 33.5. The lowest BCUT2D eigenvalue weighted by atomic mass is 9.77. The molecular weight excluding hydrogens is 1090 g/mol. The summed E-state index contributed by atoms with van der Waals surface area (Å²) in [6.07, 6.45) is 12.0. The molecule has 0 atom stereocenters. The predicted molar refractivity (Wildman–Crippen MR) is 384 cm³/mol. The number of hydrogen-bond acceptors (Lipinski definition) is 4. The number of anilines is 6. The van der Waals surface area contributed by atoms with E-state index >= 15 is 0 Å². The molecule has 90 heavy (non-hydrogen) atoms. The summed E-state index contributed by atoms with van der Waals surface area (Å²) in [5, 5.41) is 23.3. The fourth-order valence-corrected chi connectivity index (χ4v) is 15.9. The van der Waals surface area contributed by atoms with Crippen LogP contribution in [0, 0.1) is 27.7 Å². The molecule has 4 nitrogen and oxygen atoms in total. The van der Waals surface area contributed by atoms with E-state index in [-0.39, 0.29) is 5.75 Å². The van der Waals surface area contributed by atoms with Crippen LogP contribution in [0.4, 0.5) is 34.1 Å².